The number of amides is 3. The normalized spacial score (nSPS) is 15.3. The lowest BCUT2D eigenvalue weighted by atomic mass is 10.0. The average Bonchev–Trinajstić information content (AvgIpc) is 3.28. The first-order valence-electron chi connectivity index (χ1n) is 10.7. The van der Waals surface area contributed by atoms with Gasteiger partial charge in [0.05, 0.1) is 32.0 Å². The van der Waals surface area contributed by atoms with Gasteiger partial charge in [0.25, 0.3) is 0 Å². The molecule has 9 nitrogen and oxygen atoms in total. The number of likely N-dealkylation sites (N-methyl/N-ethyl adjacent to an activating group) is 1. The van der Waals surface area contributed by atoms with Crippen molar-refractivity contribution in [2.24, 2.45) is 5.10 Å². The molecule has 0 aromatic heterocycles. The molecule has 1 aliphatic rings. The summed E-state index contributed by atoms with van der Waals surface area (Å²) in [6.45, 7) is 2.61. The number of carbonyl (C=O) groups is 2. The van der Waals surface area contributed by atoms with Gasteiger partial charge >= 0.3 is 18.5 Å². The van der Waals surface area contributed by atoms with E-state index in [-0.39, 0.29) is 12.2 Å². The molecule has 1 atom stereocenters. The van der Waals surface area contributed by atoms with Crippen molar-refractivity contribution in [1.29, 1.82) is 0 Å². The van der Waals surface area contributed by atoms with Crippen molar-refractivity contribution in [1.82, 2.24) is 9.91 Å². The molecule has 12 heteroatoms. The molecule has 0 bridgehead atoms. The fraction of sp³-hybridized carbons (Fsp3) is 0.348. The van der Waals surface area contributed by atoms with Crippen LogP contribution in [0.2, 0.25) is 0 Å². The number of nitrogens with zero attached hydrogens (tertiary/aromatic N) is 3. The second kappa shape index (κ2) is 11.0. The summed E-state index contributed by atoms with van der Waals surface area (Å²) in [6, 6.07) is 10.6. The average molecular weight is 494 g/mol. The number of halogens is 3. The van der Waals surface area contributed by atoms with Gasteiger partial charge in [0.1, 0.15) is 11.5 Å². The van der Waals surface area contributed by atoms with Crippen LogP contribution in [0.4, 0.5) is 28.4 Å². The second-order valence-corrected chi connectivity index (χ2v) is 7.54. The third-order valence-corrected chi connectivity index (χ3v) is 5.02. The topological polar surface area (TPSA) is 92.7 Å². The van der Waals surface area contributed by atoms with Crippen LogP contribution in [-0.4, -0.2) is 67.5 Å². The van der Waals surface area contributed by atoms with Gasteiger partial charge in [0.15, 0.2) is 0 Å². The number of urea groups is 1. The minimum atomic E-state index is -4.81. The Balaban J connectivity index is 1.78. The standard InChI is InChI=1S/C23H25F3N4O5/c1-4-13-34-17-9-5-15(6-10-17)20-19(29(2)22(32)33-3)14-30(28-20)21(31)27-16-7-11-18(12-8-16)35-23(24,25)26/h5-12,19H,4,13-14H2,1-3H3,(H,27,31). The summed E-state index contributed by atoms with van der Waals surface area (Å²) in [6.07, 6.45) is -4.55. The number of rotatable bonds is 7. The van der Waals surface area contributed by atoms with Crippen LogP contribution in [-0.2, 0) is 4.74 Å². The SMILES string of the molecule is CCCOc1ccc(C2=NN(C(=O)Nc3ccc(OC(F)(F)F)cc3)CC2N(C)C(=O)OC)cc1. The highest BCUT2D eigenvalue weighted by Gasteiger charge is 2.36. The molecule has 0 saturated carbocycles. The van der Waals surface area contributed by atoms with Crippen LogP contribution in [0, 0.1) is 0 Å². The number of anilines is 1. The third-order valence-electron chi connectivity index (χ3n) is 5.02. The van der Waals surface area contributed by atoms with Crippen molar-refractivity contribution < 1.29 is 37.0 Å². The lowest BCUT2D eigenvalue weighted by Gasteiger charge is -2.24. The van der Waals surface area contributed by atoms with Crippen LogP contribution in [0.1, 0.15) is 18.9 Å². The van der Waals surface area contributed by atoms with E-state index in [1.54, 1.807) is 24.3 Å². The van der Waals surface area contributed by atoms with Crippen molar-refractivity contribution in [3.05, 3.63) is 54.1 Å². The fourth-order valence-electron chi connectivity index (χ4n) is 3.31. The number of ether oxygens (including phenoxy) is 3. The van der Waals surface area contributed by atoms with Crippen LogP contribution in [0.25, 0.3) is 0 Å². The second-order valence-electron chi connectivity index (χ2n) is 7.54. The smallest absolute Gasteiger partial charge is 0.494 e. The van der Waals surface area contributed by atoms with E-state index in [1.807, 2.05) is 6.92 Å². The summed E-state index contributed by atoms with van der Waals surface area (Å²) in [4.78, 5) is 26.3. The zero-order chi connectivity index (χ0) is 25.6. The molecule has 3 amide bonds. The summed E-state index contributed by atoms with van der Waals surface area (Å²) in [5.41, 5.74) is 1.38. The first-order valence-corrected chi connectivity index (χ1v) is 10.7. The number of carbonyl (C=O) groups excluding carboxylic acids is 2. The Morgan fingerprint density at radius 2 is 1.74 bits per heavy atom. The number of hydrogen-bond donors (Lipinski definition) is 1. The Morgan fingerprint density at radius 1 is 1.11 bits per heavy atom. The Labute approximate surface area is 200 Å². The molecule has 1 N–H and O–H groups in total. The highest BCUT2D eigenvalue weighted by molar-refractivity contribution is 6.08. The molecule has 3 rings (SSSR count). The number of methoxy groups -OCH3 is 1. The molecular formula is C23H25F3N4O5. The molecule has 0 fully saturated rings. The number of benzene rings is 2. The highest BCUT2D eigenvalue weighted by atomic mass is 19.4. The Morgan fingerprint density at radius 3 is 2.31 bits per heavy atom. The maximum absolute atomic E-state index is 12.8. The van der Waals surface area contributed by atoms with Gasteiger partial charge in [-0.1, -0.05) is 6.92 Å². The maximum atomic E-state index is 12.8. The van der Waals surface area contributed by atoms with Gasteiger partial charge in [-0.15, -0.1) is 13.2 Å². The van der Waals surface area contributed by atoms with Crippen molar-refractivity contribution in [3.8, 4) is 11.5 Å². The summed E-state index contributed by atoms with van der Waals surface area (Å²) < 4.78 is 51.2. The number of nitrogens with one attached hydrogen (secondary N) is 1. The van der Waals surface area contributed by atoms with Crippen LogP contribution in [0.15, 0.2) is 53.6 Å². The van der Waals surface area contributed by atoms with Gasteiger partial charge in [-0.05, 0) is 55.0 Å². The van der Waals surface area contributed by atoms with Gasteiger partial charge in [0.2, 0.25) is 0 Å². The van der Waals surface area contributed by atoms with Crippen LogP contribution in [0.5, 0.6) is 11.5 Å². The van der Waals surface area contributed by atoms with Gasteiger partial charge in [0, 0.05) is 18.3 Å². The Hall–Kier alpha value is -3.96. The molecule has 0 radical (unpaired) electrons. The maximum Gasteiger partial charge on any atom is 0.573 e. The van der Waals surface area contributed by atoms with E-state index >= 15 is 0 Å². The van der Waals surface area contributed by atoms with E-state index in [0.29, 0.717) is 23.6 Å². The van der Waals surface area contributed by atoms with Crippen molar-refractivity contribution in [2.75, 3.05) is 32.6 Å². The molecule has 0 aliphatic carbocycles. The first kappa shape index (κ1) is 25.7. The van der Waals surface area contributed by atoms with Crippen LogP contribution < -0.4 is 14.8 Å². The van der Waals surface area contributed by atoms with E-state index < -0.39 is 30.3 Å². The van der Waals surface area contributed by atoms with Crippen LogP contribution in [0.3, 0.4) is 0 Å². The molecule has 2 aromatic carbocycles. The minimum Gasteiger partial charge on any atom is -0.494 e. The summed E-state index contributed by atoms with van der Waals surface area (Å²) in [5, 5.41) is 8.11. The largest absolute Gasteiger partial charge is 0.573 e. The quantitative estimate of drug-likeness (QED) is 0.603. The number of alkyl halides is 3. The minimum absolute atomic E-state index is 0.0378. The first-order chi connectivity index (χ1) is 16.6. The zero-order valence-corrected chi connectivity index (χ0v) is 19.3. The zero-order valence-electron chi connectivity index (χ0n) is 19.3. The molecule has 1 heterocycles. The Bertz CT molecular complexity index is 1060. The lowest BCUT2D eigenvalue weighted by Crippen LogP contribution is -2.45. The predicted octanol–water partition coefficient (Wildman–Crippen LogP) is 4.69. The van der Waals surface area contributed by atoms with Crippen molar-refractivity contribution in [2.45, 2.75) is 25.7 Å². The number of hydrogen-bond acceptors (Lipinski definition) is 6. The molecular weight excluding hydrogens is 469 g/mol. The summed E-state index contributed by atoms with van der Waals surface area (Å²) in [5.74, 6) is 0.266. The molecule has 2 aromatic rings. The van der Waals surface area contributed by atoms with Gasteiger partial charge in [-0.3, -0.25) is 0 Å². The number of hydrazone groups is 1. The van der Waals surface area contributed by atoms with E-state index in [2.05, 4.69) is 15.2 Å². The van der Waals surface area contributed by atoms with E-state index in [1.165, 1.54) is 31.2 Å². The van der Waals surface area contributed by atoms with Crippen molar-refractivity contribution in [3.63, 3.8) is 0 Å². The molecule has 188 valence electrons. The van der Waals surface area contributed by atoms with E-state index in [4.69, 9.17) is 9.47 Å². The van der Waals surface area contributed by atoms with Gasteiger partial charge in [-0.25, -0.2) is 14.6 Å². The monoisotopic (exact) mass is 494 g/mol. The summed E-state index contributed by atoms with van der Waals surface area (Å²) >= 11 is 0. The van der Waals surface area contributed by atoms with E-state index in [9.17, 15) is 22.8 Å². The molecule has 35 heavy (non-hydrogen) atoms. The Kier molecular flexibility index (Phi) is 8.05. The predicted molar refractivity (Wildman–Crippen MR) is 122 cm³/mol. The molecule has 0 spiro atoms. The summed E-state index contributed by atoms with van der Waals surface area (Å²) in [7, 11) is 2.78. The van der Waals surface area contributed by atoms with Crippen LogP contribution >= 0.6 is 0 Å². The third kappa shape index (κ3) is 6.78. The van der Waals surface area contributed by atoms with Gasteiger partial charge < -0.3 is 24.4 Å². The highest BCUT2D eigenvalue weighted by Crippen LogP contribution is 2.25. The van der Waals surface area contributed by atoms with Crippen molar-refractivity contribution >= 4 is 23.5 Å². The fourth-order valence-corrected chi connectivity index (χ4v) is 3.31. The molecule has 1 aliphatic heterocycles. The lowest BCUT2D eigenvalue weighted by molar-refractivity contribution is -0.274. The molecule has 0 saturated heterocycles. The van der Waals surface area contributed by atoms with E-state index in [0.717, 1.165) is 23.6 Å². The molecule has 1 unspecified atom stereocenters. The van der Waals surface area contributed by atoms with Gasteiger partial charge in [-0.2, -0.15) is 5.10 Å².